The zero-order chi connectivity index (χ0) is 18.0. The fourth-order valence-electron chi connectivity index (χ4n) is 2.26. The van der Waals surface area contributed by atoms with Crippen molar-refractivity contribution in [1.29, 1.82) is 0 Å². The lowest BCUT2D eigenvalue weighted by atomic mass is 10.2. The highest BCUT2D eigenvalue weighted by Gasteiger charge is 2.24. The molecule has 25 heavy (non-hydrogen) atoms. The summed E-state index contributed by atoms with van der Waals surface area (Å²) < 4.78 is 44.8. The van der Waals surface area contributed by atoms with Gasteiger partial charge in [0, 0.05) is 12.6 Å². The van der Waals surface area contributed by atoms with Crippen LogP contribution in [0.1, 0.15) is 11.5 Å². The highest BCUT2D eigenvalue weighted by molar-refractivity contribution is 7.89. The molecule has 0 aliphatic carbocycles. The van der Waals surface area contributed by atoms with Crippen LogP contribution in [-0.4, -0.2) is 29.9 Å². The Morgan fingerprint density at radius 2 is 1.88 bits per heavy atom. The third-order valence-corrected chi connectivity index (χ3v) is 5.49. The fraction of sp³-hybridized carbons (Fsp3) is 0.176. The Morgan fingerprint density at radius 1 is 1.16 bits per heavy atom. The molecule has 0 aliphatic rings. The normalized spacial score (nSPS) is 11.8. The van der Waals surface area contributed by atoms with Crippen LogP contribution >= 0.6 is 0 Å². The van der Waals surface area contributed by atoms with E-state index in [1.54, 1.807) is 0 Å². The lowest BCUT2D eigenvalue weighted by molar-refractivity contribution is 0.336. The van der Waals surface area contributed by atoms with Gasteiger partial charge in [0.1, 0.15) is 5.82 Å². The number of aryl methyl sites for hydroxylation is 1. The summed E-state index contributed by atoms with van der Waals surface area (Å²) in [6.07, 6.45) is 0. The number of aromatic nitrogens is 2. The van der Waals surface area contributed by atoms with Gasteiger partial charge in [-0.05, 0) is 30.7 Å². The van der Waals surface area contributed by atoms with Crippen LogP contribution < -0.4 is 0 Å². The molecular formula is C17H16FN3O3S. The van der Waals surface area contributed by atoms with Gasteiger partial charge in [0.25, 0.3) is 0 Å². The highest BCUT2D eigenvalue weighted by atomic mass is 32.2. The van der Waals surface area contributed by atoms with Gasteiger partial charge >= 0.3 is 0 Å². The molecule has 0 aliphatic heterocycles. The summed E-state index contributed by atoms with van der Waals surface area (Å²) in [5.41, 5.74) is 1.04. The minimum absolute atomic E-state index is 0.0108. The number of hydrogen-bond donors (Lipinski definition) is 0. The molecule has 0 atom stereocenters. The molecule has 8 heteroatoms. The quantitative estimate of drug-likeness (QED) is 0.698. The third-order valence-electron chi connectivity index (χ3n) is 3.70. The van der Waals surface area contributed by atoms with Crippen molar-refractivity contribution in [2.75, 3.05) is 7.05 Å². The van der Waals surface area contributed by atoms with Crippen LogP contribution in [0.4, 0.5) is 4.39 Å². The average Bonchev–Trinajstić information content (AvgIpc) is 3.06. The van der Waals surface area contributed by atoms with Crippen LogP contribution in [0.25, 0.3) is 11.4 Å². The lowest BCUT2D eigenvalue weighted by Gasteiger charge is -2.15. The molecule has 0 spiro atoms. The zero-order valence-corrected chi connectivity index (χ0v) is 14.5. The van der Waals surface area contributed by atoms with E-state index in [0.29, 0.717) is 5.82 Å². The molecule has 0 radical (unpaired) electrons. The molecule has 0 saturated carbocycles. The first-order chi connectivity index (χ1) is 11.9. The molecule has 0 N–H and O–H groups in total. The van der Waals surface area contributed by atoms with Gasteiger partial charge in [-0.2, -0.15) is 9.29 Å². The van der Waals surface area contributed by atoms with E-state index in [1.165, 1.54) is 26.1 Å². The van der Waals surface area contributed by atoms with Crippen LogP contribution in [0.5, 0.6) is 0 Å². The van der Waals surface area contributed by atoms with Crippen molar-refractivity contribution in [3.63, 3.8) is 0 Å². The maximum atomic E-state index is 13.4. The van der Waals surface area contributed by atoms with Gasteiger partial charge in [0.05, 0.1) is 11.4 Å². The molecule has 1 heterocycles. The first-order valence-electron chi connectivity index (χ1n) is 7.48. The molecule has 3 aromatic rings. The van der Waals surface area contributed by atoms with Crippen molar-refractivity contribution >= 4 is 10.0 Å². The molecule has 0 saturated heterocycles. The zero-order valence-electron chi connectivity index (χ0n) is 13.7. The molecule has 0 unspecified atom stereocenters. The predicted molar refractivity (Wildman–Crippen MR) is 89.5 cm³/mol. The molecule has 0 fully saturated rings. The molecule has 130 valence electrons. The number of halogens is 1. The number of nitrogens with zero attached hydrogens (tertiary/aromatic N) is 3. The Labute approximate surface area is 145 Å². The van der Waals surface area contributed by atoms with Gasteiger partial charge in [-0.25, -0.2) is 12.8 Å². The topological polar surface area (TPSA) is 76.3 Å². The largest absolute Gasteiger partial charge is 0.338 e. The first kappa shape index (κ1) is 17.2. The van der Waals surface area contributed by atoms with E-state index in [4.69, 9.17) is 4.52 Å². The highest BCUT2D eigenvalue weighted by Crippen LogP contribution is 2.20. The summed E-state index contributed by atoms with van der Waals surface area (Å²) in [4.78, 5) is 4.23. The number of sulfonamides is 1. The van der Waals surface area contributed by atoms with E-state index in [2.05, 4.69) is 10.1 Å². The van der Waals surface area contributed by atoms with Crippen molar-refractivity contribution in [2.24, 2.45) is 0 Å². The third kappa shape index (κ3) is 3.59. The average molecular weight is 361 g/mol. The second-order valence-electron chi connectivity index (χ2n) is 5.55. The van der Waals surface area contributed by atoms with Crippen molar-refractivity contribution in [2.45, 2.75) is 18.4 Å². The van der Waals surface area contributed by atoms with Gasteiger partial charge in [-0.1, -0.05) is 35.5 Å². The number of benzene rings is 2. The Balaban J connectivity index is 1.81. The van der Waals surface area contributed by atoms with Crippen LogP contribution in [0.2, 0.25) is 0 Å². The molecule has 0 bridgehead atoms. The van der Waals surface area contributed by atoms with Crippen molar-refractivity contribution in [3.05, 3.63) is 65.8 Å². The smallest absolute Gasteiger partial charge is 0.243 e. The molecule has 3 rings (SSSR count). The maximum Gasteiger partial charge on any atom is 0.243 e. The first-order valence-corrected chi connectivity index (χ1v) is 8.92. The molecule has 0 amide bonds. The van der Waals surface area contributed by atoms with Crippen LogP contribution in [-0.2, 0) is 16.6 Å². The van der Waals surface area contributed by atoms with E-state index in [-0.39, 0.29) is 22.9 Å². The summed E-state index contributed by atoms with van der Waals surface area (Å²) in [6.45, 7) is 1.43. The summed E-state index contributed by atoms with van der Waals surface area (Å²) >= 11 is 0. The van der Waals surface area contributed by atoms with Gasteiger partial charge in [0.15, 0.2) is 0 Å². The van der Waals surface area contributed by atoms with Gasteiger partial charge < -0.3 is 4.52 Å². The van der Waals surface area contributed by atoms with Crippen molar-refractivity contribution in [3.8, 4) is 11.4 Å². The van der Waals surface area contributed by atoms with Crippen LogP contribution in [0, 0.1) is 12.7 Å². The summed E-state index contributed by atoms with van der Waals surface area (Å²) in [5.74, 6) is 0.105. The van der Waals surface area contributed by atoms with E-state index in [9.17, 15) is 12.8 Å². The van der Waals surface area contributed by atoms with Crippen molar-refractivity contribution in [1.82, 2.24) is 14.4 Å². The Morgan fingerprint density at radius 3 is 2.56 bits per heavy atom. The lowest BCUT2D eigenvalue weighted by Crippen LogP contribution is -2.26. The van der Waals surface area contributed by atoms with E-state index in [0.717, 1.165) is 15.9 Å². The molecule has 1 aromatic heterocycles. The second kappa shape index (κ2) is 6.73. The Kier molecular flexibility index (Phi) is 4.65. The molecular weight excluding hydrogens is 345 g/mol. The van der Waals surface area contributed by atoms with E-state index < -0.39 is 15.8 Å². The van der Waals surface area contributed by atoms with Gasteiger partial charge in [0.2, 0.25) is 21.7 Å². The number of hydrogen-bond acceptors (Lipinski definition) is 5. The molecule has 2 aromatic carbocycles. The SMILES string of the molecule is Cc1cc(S(=O)(=O)N(C)Cc2nc(-c3ccccc3)no2)ccc1F. The Hall–Kier alpha value is -2.58. The minimum Gasteiger partial charge on any atom is -0.338 e. The minimum atomic E-state index is -3.79. The monoisotopic (exact) mass is 361 g/mol. The second-order valence-corrected chi connectivity index (χ2v) is 7.59. The van der Waals surface area contributed by atoms with Crippen molar-refractivity contribution < 1.29 is 17.3 Å². The summed E-state index contributed by atoms with van der Waals surface area (Å²) in [7, 11) is -2.39. The molecule has 6 nitrogen and oxygen atoms in total. The van der Waals surface area contributed by atoms with E-state index >= 15 is 0 Å². The summed E-state index contributed by atoms with van der Waals surface area (Å²) in [5, 5.41) is 3.86. The standard InChI is InChI=1S/C17H16FN3O3S/c1-12-10-14(8-9-15(12)18)25(22,23)21(2)11-16-19-17(20-24-16)13-6-4-3-5-7-13/h3-10H,11H2,1-2H3. The maximum absolute atomic E-state index is 13.4. The number of rotatable bonds is 5. The Bertz CT molecular complexity index is 987. The van der Waals surface area contributed by atoms with Gasteiger partial charge in [-0.15, -0.1) is 0 Å². The van der Waals surface area contributed by atoms with Crippen LogP contribution in [0.3, 0.4) is 0 Å². The van der Waals surface area contributed by atoms with Gasteiger partial charge in [-0.3, -0.25) is 0 Å². The van der Waals surface area contributed by atoms with Crippen LogP contribution in [0.15, 0.2) is 57.9 Å². The predicted octanol–water partition coefficient (Wildman–Crippen LogP) is 3.00. The van der Waals surface area contributed by atoms with E-state index in [1.807, 2.05) is 30.3 Å². The summed E-state index contributed by atoms with van der Waals surface area (Å²) in [6, 6.07) is 12.9. The fourth-order valence-corrected chi connectivity index (χ4v) is 3.46.